The first-order chi connectivity index (χ1) is 10.1. The first kappa shape index (κ1) is 12.9. The maximum atomic E-state index is 13.8. The zero-order valence-electron chi connectivity index (χ0n) is 10.6. The van der Waals surface area contributed by atoms with Gasteiger partial charge in [-0.3, -0.25) is 10.1 Å². The molecular weight excluding hydrogens is 277 g/mol. The molecule has 7 heteroatoms. The number of non-ortho nitro benzene ring substituents is 1. The molecule has 0 aliphatic heterocycles. The van der Waals surface area contributed by atoms with Crippen molar-refractivity contribution in [3.63, 3.8) is 0 Å². The molecule has 0 aliphatic carbocycles. The third-order valence-electron chi connectivity index (χ3n) is 2.84. The van der Waals surface area contributed by atoms with Crippen molar-refractivity contribution in [2.45, 2.75) is 0 Å². The first-order valence-corrected chi connectivity index (χ1v) is 5.98. The second-order valence-corrected chi connectivity index (χ2v) is 4.20. The molecule has 1 aromatic heterocycles. The number of nitrogens with zero attached hydrogens (tertiary/aromatic N) is 3. The van der Waals surface area contributed by atoms with Crippen molar-refractivity contribution >= 4 is 5.69 Å². The second-order valence-electron chi connectivity index (χ2n) is 4.20. The highest BCUT2D eigenvalue weighted by Gasteiger charge is 2.18. The van der Waals surface area contributed by atoms with Crippen molar-refractivity contribution in [1.82, 2.24) is 10.2 Å². The van der Waals surface area contributed by atoms with Crippen LogP contribution in [0.3, 0.4) is 0 Å². The molecule has 21 heavy (non-hydrogen) atoms. The highest BCUT2D eigenvalue weighted by atomic mass is 19.1. The van der Waals surface area contributed by atoms with Crippen molar-refractivity contribution in [3.05, 3.63) is 64.5 Å². The smallest absolute Gasteiger partial charge is 0.270 e. The molecule has 0 bridgehead atoms. The van der Waals surface area contributed by atoms with Gasteiger partial charge < -0.3 is 4.42 Å². The predicted molar refractivity (Wildman–Crippen MR) is 71.8 cm³/mol. The van der Waals surface area contributed by atoms with E-state index in [1.165, 1.54) is 0 Å². The van der Waals surface area contributed by atoms with Gasteiger partial charge >= 0.3 is 0 Å². The van der Waals surface area contributed by atoms with Gasteiger partial charge in [0.1, 0.15) is 5.82 Å². The van der Waals surface area contributed by atoms with Gasteiger partial charge in [0.15, 0.2) is 0 Å². The molecule has 3 aromatic rings. The van der Waals surface area contributed by atoms with E-state index in [2.05, 4.69) is 10.2 Å². The van der Waals surface area contributed by atoms with Crippen LogP contribution in [-0.2, 0) is 0 Å². The van der Waals surface area contributed by atoms with Crippen molar-refractivity contribution in [1.29, 1.82) is 0 Å². The number of nitro benzene ring substituents is 1. The minimum atomic E-state index is -0.663. The Balaban J connectivity index is 2.04. The predicted octanol–water partition coefficient (Wildman–Crippen LogP) is 3.45. The van der Waals surface area contributed by atoms with Crippen LogP contribution in [0.25, 0.3) is 22.9 Å². The van der Waals surface area contributed by atoms with E-state index in [0.29, 0.717) is 5.56 Å². The Morgan fingerprint density at radius 3 is 2.48 bits per heavy atom. The maximum absolute atomic E-state index is 13.8. The summed E-state index contributed by atoms with van der Waals surface area (Å²) >= 11 is 0. The molecule has 0 atom stereocenters. The average Bonchev–Trinajstić information content (AvgIpc) is 2.98. The lowest BCUT2D eigenvalue weighted by molar-refractivity contribution is -0.384. The van der Waals surface area contributed by atoms with Crippen LogP contribution < -0.4 is 0 Å². The summed E-state index contributed by atoms with van der Waals surface area (Å²) in [6.07, 6.45) is 0. The van der Waals surface area contributed by atoms with E-state index in [9.17, 15) is 14.5 Å². The van der Waals surface area contributed by atoms with Crippen molar-refractivity contribution in [3.8, 4) is 22.9 Å². The summed E-state index contributed by atoms with van der Waals surface area (Å²) in [5, 5.41) is 18.3. The number of halogens is 1. The van der Waals surface area contributed by atoms with Crippen LogP contribution in [0.5, 0.6) is 0 Å². The van der Waals surface area contributed by atoms with Crippen molar-refractivity contribution in [2.75, 3.05) is 0 Å². The van der Waals surface area contributed by atoms with Crippen LogP contribution in [-0.4, -0.2) is 15.1 Å². The van der Waals surface area contributed by atoms with Gasteiger partial charge in [0.2, 0.25) is 5.89 Å². The maximum Gasteiger partial charge on any atom is 0.270 e. The molecule has 0 unspecified atom stereocenters. The highest BCUT2D eigenvalue weighted by Crippen LogP contribution is 2.28. The quantitative estimate of drug-likeness (QED) is 0.543. The van der Waals surface area contributed by atoms with Crippen LogP contribution >= 0.6 is 0 Å². The zero-order chi connectivity index (χ0) is 14.8. The van der Waals surface area contributed by atoms with Crippen molar-refractivity contribution < 1.29 is 13.7 Å². The lowest BCUT2D eigenvalue weighted by Gasteiger charge is -1.98. The second kappa shape index (κ2) is 5.12. The third-order valence-corrected chi connectivity index (χ3v) is 2.84. The number of rotatable bonds is 3. The normalized spacial score (nSPS) is 10.5. The van der Waals surface area contributed by atoms with Crippen LogP contribution in [0.15, 0.2) is 52.9 Å². The molecule has 0 radical (unpaired) electrons. The van der Waals surface area contributed by atoms with Crippen LogP contribution in [0, 0.1) is 15.9 Å². The number of hydrogen-bond donors (Lipinski definition) is 0. The Hall–Kier alpha value is -3.09. The SMILES string of the molecule is O=[N+]([O-])c1ccc(F)c(-c2nnc(-c3ccccc3)o2)c1. The first-order valence-electron chi connectivity index (χ1n) is 5.98. The van der Waals surface area contributed by atoms with E-state index in [1.807, 2.05) is 6.07 Å². The van der Waals surface area contributed by atoms with Gasteiger partial charge in [-0.2, -0.15) is 0 Å². The van der Waals surface area contributed by atoms with E-state index >= 15 is 0 Å². The fourth-order valence-corrected chi connectivity index (χ4v) is 1.82. The molecule has 0 fully saturated rings. The molecule has 1 heterocycles. The lowest BCUT2D eigenvalue weighted by atomic mass is 10.2. The van der Waals surface area contributed by atoms with Gasteiger partial charge in [0.25, 0.3) is 11.6 Å². The summed E-state index contributed by atoms with van der Waals surface area (Å²) in [5.74, 6) is -0.546. The average molecular weight is 285 g/mol. The van der Waals surface area contributed by atoms with Gasteiger partial charge in [-0.15, -0.1) is 10.2 Å². The molecule has 0 spiro atoms. The fourth-order valence-electron chi connectivity index (χ4n) is 1.82. The van der Waals surface area contributed by atoms with Crippen LogP contribution in [0.2, 0.25) is 0 Å². The molecule has 0 N–H and O–H groups in total. The number of benzene rings is 2. The molecule has 3 rings (SSSR count). The Labute approximate surface area is 118 Å². The van der Waals surface area contributed by atoms with Gasteiger partial charge in [-0.05, 0) is 18.2 Å². The van der Waals surface area contributed by atoms with E-state index in [-0.39, 0.29) is 23.0 Å². The minimum absolute atomic E-state index is 0.0983. The van der Waals surface area contributed by atoms with Crippen LogP contribution in [0.1, 0.15) is 0 Å². The minimum Gasteiger partial charge on any atom is -0.416 e. The summed E-state index contributed by atoms with van der Waals surface area (Å²) < 4.78 is 19.2. The topological polar surface area (TPSA) is 82.1 Å². The van der Waals surface area contributed by atoms with E-state index in [1.54, 1.807) is 24.3 Å². The van der Waals surface area contributed by atoms with E-state index in [4.69, 9.17) is 4.42 Å². The fraction of sp³-hybridized carbons (Fsp3) is 0. The third kappa shape index (κ3) is 2.48. The number of nitro groups is 1. The Morgan fingerprint density at radius 2 is 1.76 bits per heavy atom. The standard InChI is InChI=1S/C14H8FN3O3/c15-12-7-6-10(18(19)20)8-11(12)14-17-16-13(21-14)9-4-2-1-3-5-9/h1-8H. The Bertz CT molecular complexity index is 802. The van der Waals surface area contributed by atoms with Gasteiger partial charge in [-0.25, -0.2) is 4.39 Å². The van der Waals surface area contributed by atoms with Gasteiger partial charge in [0, 0.05) is 17.7 Å². The molecule has 104 valence electrons. The summed E-state index contributed by atoms with van der Waals surface area (Å²) in [7, 11) is 0. The molecule has 0 saturated carbocycles. The molecule has 0 amide bonds. The molecule has 0 saturated heterocycles. The zero-order valence-corrected chi connectivity index (χ0v) is 10.6. The summed E-state index contributed by atoms with van der Waals surface area (Å²) in [5.41, 5.74) is 0.340. The van der Waals surface area contributed by atoms with Crippen LogP contribution in [0.4, 0.5) is 10.1 Å². The largest absolute Gasteiger partial charge is 0.416 e. The lowest BCUT2D eigenvalue weighted by Crippen LogP contribution is -1.91. The van der Waals surface area contributed by atoms with Crippen molar-refractivity contribution in [2.24, 2.45) is 0 Å². The summed E-state index contributed by atoms with van der Waals surface area (Å²) in [4.78, 5) is 10.1. The van der Waals surface area contributed by atoms with Gasteiger partial charge in [-0.1, -0.05) is 18.2 Å². The molecular formula is C14H8FN3O3. The Kier molecular flexibility index (Phi) is 3.15. The number of aromatic nitrogens is 2. The van der Waals surface area contributed by atoms with E-state index in [0.717, 1.165) is 18.2 Å². The highest BCUT2D eigenvalue weighted by molar-refractivity contribution is 5.61. The van der Waals surface area contributed by atoms with E-state index < -0.39 is 10.7 Å². The summed E-state index contributed by atoms with van der Waals surface area (Å²) in [6, 6.07) is 12.1. The molecule has 2 aromatic carbocycles. The molecule has 0 aliphatic rings. The Morgan fingerprint density at radius 1 is 1.05 bits per heavy atom. The van der Waals surface area contributed by atoms with Gasteiger partial charge in [0.05, 0.1) is 10.5 Å². The summed E-state index contributed by atoms with van der Waals surface area (Å²) in [6.45, 7) is 0. The molecule has 6 nitrogen and oxygen atoms in total. The monoisotopic (exact) mass is 285 g/mol. The number of hydrogen-bond acceptors (Lipinski definition) is 5.